The second-order valence-electron chi connectivity index (χ2n) is 8.45. The van der Waals surface area contributed by atoms with Crippen LogP contribution in [0.25, 0.3) is 0 Å². The van der Waals surface area contributed by atoms with Crippen LogP contribution >= 0.6 is 0 Å². The molecule has 31 heavy (non-hydrogen) atoms. The molecular weight excluding hydrogens is 399 g/mol. The summed E-state index contributed by atoms with van der Waals surface area (Å²) >= 11 is 0. The number of aromatic nitrogens is 1. The number of nitrogens with one attached hydrogen (secondary N) is 1. The van der Waals surface area contributed by atoms with Gasteiger partial charge in [0.15, 0.2) is 0 Å². The van der Waals surface area contributed by atoms with Crippen LogP contribution in [0.3, 0.4) is 0 Å². The fourth-order valence-corrected chi connectivity index (χ4v) is 4.40. The van der Waals surface area contributed by atoms with Gasteiger partial charge in [0.2, 0.25) is 5.82 Å². The van der Waals surface area contributed by atoms with Crippen LogP contribution in [0.2, 0.25) is 0 Å². The lowest BCUT2D eigenvalue weighted by Crippen LogP contribution is -2.40. The Morgan fingerprint density at radius 1 is 1.16 bits per heavy atom. The average Bonchev–Trinajstić information content (AvgIpc) is 2.75. The van der Waals surface area contributed by atoms with E-state index in [1.807, 2.05) is 0 Å². The van der Waals surface area contributed by atoms with Gasteiger partial charge in [-0.05, 0) is 63.3 Å². The van der Waals surface area contributed by atoms with Gasteiger partial charge in [-0.15, -0.1) is 0 Å². The minimum atomic E-state index is -0.481. The highest BCUT2D eigenvalue weighted by molar-refractivity contribution is 5.69. The Kier molecular flexibility index (Phi) is 6.22. The number of hydrogen-bond acceptors (Lipinski definition) is 7. The topological polar surface area (TPSA) is 101 Å². The molecule has 0 aliphatic carbocycles. The van der Waals surface area contributed by atoms with Gasteiger partial charge in [-0.1, -0.05) is 0 Å². The molecule has 1 atom stereocenters. The highest BCUT2D eigenvalue weighted by Crippen LogP contribution is 2.32. The zero-order chi connectivity index (χ0) is 22.0. The molecule has 0 spiro atoms. The van der Waals surface area contributed by atoms with Gasteiger partial charge in [0, 0.05) is 43.5 Å². The summed E-state index contributed by atoms with van der Waals surface area (Å²) in [5, 5.41) is 14.5. The van der Waals surface area contributed by atoms with Crippen molar-refractivity contribution < 1.29 is 9.31 Å². The number of hydrogen-bond donors (Lipinski definition) is 2. The number of nitrogens with zero attached hydrogens (tertiary/aromatic N) is 4. The van der Waals surface area contributed by atoms with Crippen molar-refractivity contribution in [1.82, 2.24) is 4.98 Å². The summed E-state index contributed by atoms with van der Waals surface area (Å²) in [6.45, 7) is 4.45. The first kappa shape index (κ1) is 21.3. The third-order valence-electron chi connectivity index (χ3n) is 6.24. The fourth-order valence-electron chi connectivity index (χ4n) is 4.40. The van der Waals surface area contributed by atoms with Gasteiger partial charge in [0.1, 0.15) is 11.6 Å². The molecule has 2 fully saturated rings. The maximum atomic E-state index is 14.9. The number of nitrogens with two attached hydrogens (primary N) is 1. The minimum absolute atomic E-state index is 0.107. The predicted molar refractivity (Wildman–Crippen MR) is 121 cm³/mol. The lowest BCUT2D eigenvalue weighted by Gasteiger charge is -2.35. The lowest BCUT2D eigenvalue weighted by atomic mass is 10.0. The first-order valence-electron chi connectivity index (χ1n) is 10.9. The normalized spacial score (nSPS) is 20.0. The van der Waals surface area contributed by atoms with E-state index in [1.165, 1.54) is 12.1 Å². The summed E-state index contributed by atoms with van der Waals surface area (Å²) in [5.41, 5.74) is 6.82. The molecule has 1 aromatic heterocycles. The Hall–Kier alpha value is -2.94. The van der Waals surface area contributed by atoms with Crippen molar-refractivity contribution in [2.24, 2.45) is 5.73 Å². The molecule has 0 bridgehead atoms. The van der Waals surface area contributed by atoms with Crippen molar-refractivity contribution in [2.75, 3.05) is 34.8 Å². The molecule has 1 unspecified atom stereocenters. The Morgan fingerprint density at radius 2 is 1.94 bits per heavy atom. The second-order valence-corrected chi connectivity index (χ2v) is 8.45. The van der Waals surface area contributed by atoms with Gasteiger partial charge in [-0.3, -0.25) is 10.1 Å². The standard InChI is InChI=1S/C22H29FN6O2/c1-15-4-2-3-11-28(15)19-6-5-17(14-18(19)23)25-22-20(29(30)31)7-8-21(26-22)27-12-9-16(24)10-13-27/h5-8,14-16H,2-4,9-13,24H2,1H3,(H,25,26). The van der Waals surface area contributed by atoms with Gasteiger partial charge in [-0.25, -0.2) is 9.37 Å². The molecule has 3 N–H and O–H groups in total. The summed E-state index contributed by atoms with van der Waals surface area (Å²) in [6.07, 6.45) is 4.96. The van der Waals surface area contributed by atoms with Crippen molar-refractivity contribution in [1.29, 1.82) is 0 Å². The van der Waals surface area contributed by atoms with Gasteiger partial charge < -0.3 is 20.9 Å². The van der Waals surface area contributed by atoms with E-state index < -0.39 is 4.92 Å². The smallest absolute Gasteiger partial charge is 0.311 e. The van der Waals surface area contributed by atoms with Crippen LogP contribution in [0, 0.1) is 15.9 Å². The highest BCUT2D eigenvalue weighted by Gasteiger charge is 2.24. The molecule has 166 valence electrons. The molecule has 0 radical (unpaired) electrons. The number of nitro groups is 1. The molecule has 2 aliphatic heterocycles. The number of benzene rings is 1. The Bertz CT molecular complexity index is 948. The number of halogens is 1. The molecule has 0 amide bonds. The minimum Gasteiger partial charge on any atom is -0.366 e. The number of pyridine rings is 1. The Morgan fingerprint density at radius 3 is 2.61 bits per heavy atom. The zero-order valence-corrected chi connectivity index (χ0v) is 17.8. The van der Waals surface area contributed by atoms with E-state index in [9.17, 15) is 14.5 Å². The number of rotatable bonds is 5. The van der Waals surface area contributed by atoms with Crippen molar-refractivity contribution in [2.45, 2.75) is 51.1 Å². The summed E-state index contributed by atoms with van der Waals surface area (Å²) in [6, 6.07) is 8.43. The Labute approximate surface area is 181 Å². The summed E-state index contributed by atoms with van der Waals surface area (Å²) in [5.74, 6) is 0.415. The van der Waals surface area contributed by atoms with Crippen LogP contribution in [0.5, 0.6) is 0 Å². The largest absolute Gasteiger partial charge is 0.366 e. The molecule has 2 aliphatic rings. The van der Waals surface area contributed by atoms with Crippen molar-refractivity contribution in [3.63, 3.8) is 0 Å². The van der Waals surface area contributed by atoms with Gasteiger partial charge in [0.05, 0.1) is 10.6 Å². The molecule has 0 saturated carbocycles. The summed E-state index contributed by atoms with van der Waals surface area (Å²) in [4.78, 5) is 19.7. The Balaban J connectivity index is 1.58. The third kappa shape index (κ3) is 4.71. The van der Waals surface area contributed by atoms with Crippen LogP contribution in [0.15, 0.2) is 30.3 Å². The molecule has 9 heteroatoms. The molecule has 2 saturated heterocycles. The first-order chi connectivity index (χ1) is 14.9. The fraction of sp³-hybridized carbons (Fsp3) is 0.500. The zero-order valence-electron chi connectivity index (χ0n) is 17.8. The third-order valence-corrected chi connectivity index (χ3v) is 6.24. The van der Waals surface area contributed by atoms with E-state index in [0.717, 1.165) is 51.7 Å². The van der Waals surface area contributed by atoms with E-state index >= 15 is 0 Å². The van der Waals surface area contributed by atoms with E-state index in [1.54, 1.807) is 18.2 Å². The van der Waals surface area contributed by atoms with Crippen LogP contribution < -0.4 is 20.9 Å². The molecular formula is C22H29FN6O2. The van der Waals surface area contributed by atoms with Crippen LogP contribution in [0.4, 0.5) is 33.1 Å². The summed E-state index contributed by atoms with van der Waals surface area (Å²) < 4.78 is 14.9. The van der Waals surface area contributed by atoms with Crippen molar-refractivity contribution in [3.05, 3.63) is 46.3 Å². The second kappa shape index (κ2) is 9.05. The maximum Gasteiger partial charge on any atom is 0.311 e. The molecule has 3 heterocycles. The number of piperidine rings is 2. The van der Waals surface area contributed by atoms with Gasteiger partial charge >= 0.3 is 5.69 Å². The van der Waals surface area contributed by atoms with Crippen LogP contribution in [-0.2, 0) is 0 Å². The summed E-state index contributed by atoms with van der Waals surface area (Å²) in [7, 11) is 0. The molecule has 1 aromatic carbocycles. The monoisotopic (exact) mass is 428 g/mol. The SMILES string of the molecule is CC1CCCCN1c1ccc(Nc2nc(N3CCC(N)CC3)ccc2[N+](=O)[O-])cc1F. The van der Waals surface area contributed by atoms with Gasteiger partial charge in [-0.2, -0.15) is 0 Å². The quantitative estimate of drug-likeness (QED) is 0.544. The van der Waals surface area contributed by atoms with E-state index in [2.05, 4.69) is 27.0 Å². The lowest BCUT2D eigenvalue weighted by molar-refractivity contribution is -0.384. The first-order valence-corrected chi connectivity index (χ1v) is 10.9. The average molecular weight is 429 g/mol. The van der Waals surface area contributed by atoms with Gasteiger partial charge in [0.25, 0.3) is 0 Å². The van der Waals surface area contributed by atoms with E-state index in [-0.39, 0.29) is 23.4 Å². The van der Waals surface area contributed by atoms with Crippen molar-refractivity contribution in [3.8, 4) is 0 Å². The van der Waals surface area contributed by atoms with E-state index in [0.29, 0.717) is 23.2 Å². The molecule has 2 aromatic rings. The van der Waals surface area contributed by atoms with E-state index in [4.69, 9.17) is 5.73 Å². The molecule has 4 rings (SSSR count). The number of anilines is 4. The predicted octanol–water partition coefficient (Wildman–Crippen LogP) is 4.18. The highest BCUT2D eigenvalue weighted by atomic mass is 19.1. The molecule has 8 nitrogen and oxygen atoms in total. The maximum absolute atomic E-state index is 14.9. The van der Waals surface area contributed by atoms with Crippen LogP contribution in [0.1, 0.15) is 39.0 Å². The van der Waals surface area contributed by atoms with Crippen molar-refractivity contribution >= 4 is 28.7 Å². The van der Waals surface area contributed by atoms with Crippen LogP contribution in [-0.4, -0.2) is 41.6 Å².